The minimum atomic E-state index is -0.564. The van der Waals surface area contributed by atoms with Gasteiger partial charge in [-0.15, -0.1) is 0 Å². The molecule has 17 heavy (non-hydrogen) atoms. The zero-order valence-corrected chi connectivity index (χ0v) is 9.84. The van der Waals surface area contributed by atoms with Crippen molar-refractivity contribution in [3.05, 3.63) is 35.9 Å². The van der Waals surface area contributed by atoms with Crippen molar-refractivity contribution < 1.29 is 15.0 Å². The predicted molar refractivity (Wildman–Crippen MR) is 64.4 cm³/mol. The smallest absolute Gasteiger partial charge is 0.317 e. The molecular weight excluding hydrogens is 220 g/mol. The van der Waals surface area contributed by atoms with Gasteiger partial charge in [0.15, 0.2) is 0 Å². The number of amides is 2. The van der Waals surface area contributed by atoms with Gasteiger partial charge in [0.05, 0.1) is 19.3 Å². The van der Waals surface area contributed by atoms with Crippen LogP contribution in [-0.4, -0.2) is 47.4 Å². The number of aliphatic hydroxyl groups excluding tert-OH is 2. The number of hydrogen-bond donors (Lipinski definition) is 3. The summed E-state index contributed by atoms with van der Waals surface area (Å²) in [7, 11) is 1.54. The molecule has 94 valence electrons. The van der Waals surface area contributed by atoms with Gasteiger partial charge in [0.1, 0.15) is 0 Å². The Morgan fingerprint density at radius 1 is 1.29 bits per heavy atom. The minimum Gasteiger partial charge on any atom is -0.394 e. The van der Waals surface area contributed by atoms with Crippen molar-refractivity contribution in [3.8, 4) is 0 Å². The van der Waals surface area contributed by atoms with Gasteiger partial charge >= 0.3 is 6.03 Å². The summed E-state index contributed by atoms with van der Waals surface area (Å²) < 4.78 is 0. The molecule has 0 aromatic heterocycles. The highest BCUT2D eigenvalue weighted by atomic mass is 16.3. The van der Waals surface area contributed by atoms with Crippen molar-refractivity contribution in [2.75, 3.05) is 20.3 Å². The highest BCUT2D eigenvalue weighted by molar-refractivity contribution is 5.74. The quantitative estimate of drug-likeness (QED) is 0.685. The third kappa shape index (κ3) is 4.05. The van der Waals surface area contributed by atoms with E-state index in [9.17, 15) is 4.79 Å². The van der Waals surface area contributed by atoms with Crippen LogP contribution in [-0.2, 0) is 6.54 Å². The number of rotatable bonds is 5. The SMILES string of the molecule is CN(C(=O)NCc1ccccc1)C(CO)CO. The van der Waals surface area contributed by atoms with Crippen molar-refractivity contribution in [1.29, 1.82) is 0 Å². The Kier molecular flexibility index (Phi) is 5.45. The van der Waals surface area contributed by atoms with Crippen LogP contribution in [0.15, 0.2) is 30.3 Å². The van der Waals surface area contributed by atoms with Gasteiger partial charge in [-0.3, -0.25) is 0 Å². The Morgan fingerprint density at radius 3 is 2.41 bits per heavy atom. The second-order valence-electron chi connectivity index (χ2n) is 3.77. The molecule has 1 aromatic carbocycles. The number of likely N-dealkylation sites (N-methyl/N-ethyl adjacent to an activating group) is 1. The fraction of sp³-hybridized carbons (Fsp3) is 0.417. The molecule has 3 N–H and O–H groups in total. The third-order valence-corrected chi connectivity index (χ3v) is 2.58. The maximum atomic E-state index is 11.7. The fourth-order valence-electron chi connectivity index (χ4n) is 1.37. The average Bonchev–Trinajstić information content (AvgIpc) is 2.38. The van der Waals surface area contributed by atoms with Crippen LogP contribution >= 0.6 is 0 Å². The highest BCUT2D eigenvalue weighted by Gasteiger charge is 2.17. The van der Waals surface area contributed by atoms with Crippen molar-refractivity contribution in [1.82, 2.24) is 10.2 Å². The zero-order valence-electron chi connectivity index (χ0n) is 9.84. The second-order valence-corrected chi connectivity index (χ2v) is 3.77. The molecule has 2 amide bonds. The van der Waals surface area contributed by atoms with Crippen LogP contribution in [0.25, 0.3) is 0 Å². The highest BCUT2D eigenvalue weighted by Crippen LogP contribution is 1.99. The predicted octanol–water partition coefficient (Wildman–Crippen LogP) is 0.181. The van der Waals surface area contributed by atoms with Crippen LogP contribution in [0.4, 0.5) is 4.79 Å². The largest absolute Gasteiger partial charge is 0.394 e. The standard InChI is InChI=1S/C12H18N2O3/c1-14(11(8-15)9-16)12(17)13-7-10-5-3-2-4-6-10/h2-6,11,15-16H,7-9H2,1H3,(H,13,17). The van der Waals surface area contributed by atoms with Crippen molar-refractivity contribution in [3.63, 3.8) is 0 Å². The van der Waals surface area contributed by atoms with Crippen molar-refractivity contribution >= 4 is 6.03 Å². The summed E-state index contributed by atoms with van der Waals surface area (Å²) in [5, 5.41) is 20.6. The molecule has 0 atom stereocenters. The Labute approximate surface area is 101 Å². The second kappa shape index (κ2) is 6.88. The number of carbonyl (C=O) groups excluding carboxylic acids is 1. The number of nitrogens with zero attached hydrogens (tertiary/aromatic N) is 1. The van der Waals surface area contributed by atoms with Gasteiger partial charge in [-0.05, 0) is 5.56 Å². The molecule has 0 bridgehead atoms. The number of hydrogen-bond acceptors (Lipinski definition) is 3. The molecule has 5 heteroatoms. The van der Waals surface area contributed by atoms with Gasteiger partial charge in [0, 0.05) is 13.6 Å². The molecule has 0 unspecified atom stereocenters. The number of urea groups is 1. The molecule has 0 aliphatic carbocycles. The molecule has 0 aliphatic rings. The first-order valence-electron chi connectivity index (χ1n) is 5.45. The third-order valence-electron chi connectivity index (χ3n) is 2.58. The summed E-state index contributed by atoms with van der Waals surface area (Å²) in [5.74, 6) is 0. The van der Waals surface area contributed by atoms with E-state index in [1.54, 1.807) is 0 Å². The molecule has 0 saturated heterocycles. The van der Waals surface area contributed by atoms with Crippen LogP contribution < -0.4 is 5.32 Å². The Hall–Kier alpha value is -1.59. The lowest BCUT2D eigenvalue weighted by Gasteiger charge is -2.25. The average molecular weight is 238 g/mol. The van der Waals surface area contributed by atoms with E-state index in [0.717, 1.165) is 5.56 Å². The van der Waals surface area contributed by atoms with Gasteiger partial charge in [-0.1, -0.05) is 30.3 Å². The molecule has 1 aromatic rings. The van der Waals surface area contributed by atoms with E-state index in [-0.39, 0.29) is 19.2 Å². The molecule has 0 spiro atoms. The summed E-state index contributed by atoms with van der Waals surface area (Å²) >= 11 is 0. The van der Waals surface area contributed by atoms with Gasteiger partial charge in [-0.2, -0.15) is 0 Å². The lowest BCUT2D eigenvalue weighted by Crippen LogP contribution is -2.46. The number of benzene rings is 1. The molecule has 1 rings (SSSR count). The van der Waals surface area contributed by atoms with Crippen LogP contribution in [0.5, 0.6) is 0 Å². The summed E-state index contributed by atoms with van der Waals surface area (Å²) in [6.07, 6.45) is 0. The van der Waals surface area contributed by atoms with Crippen LogP contribution in [0.3, 0.4) is 0 Å². The molecule has 0 saturated carbocycles. The lowest BCUT2D eigenvalue weighted by molar-refractivity contribution is 0.104. The number of aliphatic hydroxyl groups is 2. The molecule has 0 fully saturated rings. The first kappa shape index (κ1) is 13.5. The maximum absolute atomic E-state index is 11.7. The van der Waals surface area contributed by atoms with Gasteiger partial charge in [0.2, 0.25) is 0 Å². The lowest BCUT2D eigenvalue weighted by atomic mass is 10.2. The molecule has 0 radical (unpaired) electrons. The van der Waals surface area contributed by atoms with E-state index >= 15 is 0 Å². The van der Waals surface area contributed by atoms with E-state index < -0.39 is 6.04 Å². The number of carbonyl (C=O) groups is 1. The minimum absolute atomic E-state index is 0.258. The van der Waals surface area contributed by atoms with Gasteiger partial charge in [-0.25, -0.2) is 4.79 Å². The van der Waals surface area contributed by atoms with E-state index in [1.165, 1.54) is 11.9 Å². The topological polar surface area (TPSA) is 72.8 Å². The van der Waals surface area contributed by atoms with Crippen LogP contribution in [0.1, 0.15) is 5.56 Å². The van der Waals surface area contributed by atoms with E-state index in [4.69, 9.17) is 10.2 Å². The van der Waals surface area contributed by atoms with E-state index in [1.807, 2.05) is 30.3 Å². The van der Waals surface area contributed by atoms with E-state index in [2.05, 4.69) is 5.32 Å². The van der Waals surface area contributed by atoms with Crippen LogP contribution in [0.2, 0.25) is 0 Å². The molecule has 0 aliphatic heterocycles. The Bertz CT molecular complexity index is 339. The van der Waals surface area contributed by atoms with Crippen molar-refractivity contribution in [2.24, 2.45) is 0 Å². The Morgan fingerprint density at radius 2 is 1.88 bits per heavy atom. The molecule has 0 heterocycles. The monoisotopic (exact) mass is 238 g/mol. The fourth-order valence-corrected chi connectivity index (χ4v) is 1.37. The zero-order chi connectivity index (χ0) is 12.7. The summed E-state index contributed by atoms with van der Waals surface area (Å²) in [6.45, 7) is -0.0922. The van der Waals surface area contributed by atoms with Gasteiger partial charge in [0.25, 0.3) is 0 Å². The van der Waals surface area contributed by atoms with Gasteiger partial charge < -0.3 is 20.4 Å². The first-order valence-corrected chi connectivity index (χ1v) is 5.45. The normalized spacial score (nSPS) is 10.4. The molecule has 5 nitrogen and oxygen atoms in total. The van der Waals surface area contributed by atoms with Crippen LogP contribution in [0, 0.1) is 0 Å². The maximum Gasteiger partial charge on any atom is 0.317 e. The summed E-state index contributed by atoms with van der Waals surface area (Å²) in [5.41, 5.74) is 0.999. The van der Waals surface area contributed by atoms with E-state index in [0.29, 0.717) is 6.54 Å². The first-order chi connectivity index (χ1) is 8.19. The molecular formula is C12H18N2O3. The van der Waals surface area contributed by atoms with Crippen molar-refractivity contribution in [2.45, 2.75) is 12.6 Å². The number of nitrogens with one attached hydrogen (secondary N) is 1. The summed E-state index contributed by atoms with van der Waals surface area (Å²) in [6, 6.07) is 8.65. The summed E-state index contributed by atoms with van der Waals surface area (Å²) in [4.78, 5) is 13.0. The Balaban J connectivity index is 2.44.